The molecule has 2 heterocycles. The number of imidazole rings is 1. The van der Waals surface area contributed by atoms with Crippen LogP contribution >= 0.6 is 0 Å². The second kappa shape index (κ2) is 8.68. The van der Waals surface area contributed by atoms with Gasteiger partial charge in [-0.25, -0.2) is 4.98 Å². The molecule has 0 saturated carbocycles. The van der Waals surface area contributed by atoms with Crippen LogP contribution < -0.4 is 10.2 Å². The fraction of sp³-hybridized carbons (Fsp3) is 0.417. The van der Waals surface area contributed by atoms with Crippen LogP contribution in [-0.4, -0.2) is 28.5 Å². The number of hydrogen-bond acceptors (Lipinski definition) is 3. The van der Waals surface area contributed by atoms with Gasteiger partial charge in [0.15, 0.2) is 0 Å². The quantitative estimate of drug-likeness (QED) is 0.672. The highest BCUT2D eigenvalue weighted by Gasteiger charge is 2.28. The van der Waals surface area contributed by atoms with Gasteiger partial charge in [-0.2, -0.15) is 0 Å². The number of hydrogen-bond donors (Lipinski definition) is 1. The molecule has 0 bridgehead atoms. The number of amides is 1. The highest BCUT2D eigenvalue weighted by molar-refractivity contribution is 5.80. The maximum atomic E-state index is 12.8. The Morgan fingerprint density at radius 3 is 2.52 bits per heavy atom. The minimum Gasteiger partial charge on any atom is -0.349 e. The predicted molar refractivity (Wildman–Crippen MR) is 118 cm³/mol. The minimum absolute atomic E-state index is 0.0375. The van der Waals surface area contributed by atoms with Gasteiger partial charge in [0.2, 0.25) is 11.9 Å². The van der Waals surface area contributed by atoms with Gasteiger partial charge in [-0.3, -0.25) is 4.79 Å². The van der Waals surface area contributed by atoms with E-state index in [1.165, 1.54) is 5.52 Å². The first-order chi connectivity index (χ1) is 14.2. The van der Waals surface area contributed by atoms with E-state index in [4.69, 9.17) is 4.98 Å². The van der Waals surface area contributed by atoms with Crippen LogP contribution in [0.15, 0.2) is 54.6 Å². The molecule has 1 aliphatic rings. The van der Waals surface area contributed by atoms with Gasteiger partial charge in [0.05, 0.1) is 17.1 Å². The number of fused-ring (bicyclic) bond motifs is 1. The first-order valence-electron chi connectivity index (χ1n) is 10.7. The van der Waals surface area contributed by atoms with Crippen molar-refractivity contribution in [3.8, 4) is 0 Å². The Morgan fingerprint density at radius 1 is 1.10 bits per heavy atom. The van der Waals surface area contributed by atoms with E-state index in [1.54, 1.807) is 0 Å². The van der Waals surface area contributed by atoms with Gasteiger partial charge in [-0.15, -0.1) is 0 Å². The number of carbonyl (C=O) groups is 1. The number of rotatable bonds is 6. The van der Waals surface area contributed by atoms with Crippen LogP contribution in [0.4, 0.5) is 5.95 Å². The molecule has 0 aliphatic carbocycles. The van der Waals surface area contributed by atoms with Crippen LogP contribution in [0.3, 0.4) is 0 Å². The molecule has 1 aliphatic heterocycles. The van der Waals surface area contributed by atoms with Gasteiger partial charge in [0, 0.05) is 25.6 Å². The molecule has 152 valence electrons. The van der Waals surface area contributed by atoms with E-state index < -0.39 is 0 Å². The first kappa shape index (κ1) is 19.5. The molecule has 1 unspecified atom stereocenters. The fourth-order valence-corrected chi connectivity index (χ4v) is 4.25. The van der Waals surface area contributed by atoms with E-state index in [1.807, 2.05) is 24.3 Å². The summed E-state index contributed by atoms with van der Waals surface area (Å²) in [7, 11) is 0. The molecule has 1 aromatic heterocycles. The molecule has 29 heavy (non-hydrogen) atoms. The molecule has 3 aromatic rings. The molecule has 1 atom stereocenters. The number of benzene rings is 2. The predicted octanol–water partition coefficient (Wildman–Crippen LogP) is 4.54. The van der Waals surface area contributed by atoms with Crippen molar-refractivity contribution in [3.05, 3.63) is 60.2 Å². The van der Waals surface area contributed by atoms with Crippen molar-refractivity contribution in [1.82, 2.24) is 14.9 Å². The summed E-state index contributed by atoms with van der Waals surface area (Å²) in [4.78, 5) is 20.0. The molecule has 1 saturated heterocycles. The topological polar surface area (TPSA) is 50.2 Å². The summed E-state index contributed by atoms with van der Waals surface area (Å²) < 4.78 is 2.33. The number of anilines is 1. The molecular weight excluding hydrogens is 360 g/mol. The third-order valence-electron chi connectivity index (χ3n) is 5.89. The summed E-state index contributed by atoms with van der Waals surface area (Å²) in [5.41, 5.74) is 3.39. The molecule has 5 nitrogen and oxygen atoms in total. The Bertz CT molecular complexity index is 957. The Morgan fingerprint density at radius 2 is 1.79 bits per heavy atom. The summed E-state index contributed by atoms with van der Waals surface area (Å²) in [5, 5.41) is 3.20. The van der Waals surface area contributed by atoms with Crippen molar-refractivity contribution >= 4 is 22.9 Å². The monoisotopic (exact) mass is 390 g/mol. The Kier molecular flexibility index (Phi) is 5.84. The van der Waals surface area contributed by atoms with Crippen molar-refractivity contribution in [1.29, 1.82) is 0 Å². The Balaban J connectivity index is 1.41. The average molecular weight is 391 g/mol. The standard InChI is InChI=1S/C24H30N4O/c1-3-15-28-22-12-8-7-11-21(22)26-24(28)27-16-13-20(14-17-27)23(29)25-18(2)19-9-5-4-6-10-19/h4-12,18,20H,3,13-17H2,1-2H3,(H,25,29). The smallest absolute Gasteiger partial charge is 0.223 e. The van der Waals surface area contributed by atoms with E-state index in [-0.39, 0.29) is 17.9 Å². The van der Waals surface area contributed by atoms with E-state index in [0.717, 1.165) is 55.9 Å². The molecule has 1 fully saturated rings. The fourth-order valence-electron chi connectivity index (χ4n) is 4.25. The lowest BCUT2D eigenvalue weighted by Gasteiger charge is -2.33. The molecule has 0 radical (unpaired) electrons. The Hall–Kier alpha value is -2.82. The van der Waals surface area contributed by atoms with Gasteiger partial charge >= 0.3 is 0 Å². The summed E-state index contributed by atoms with van der Waals surface area (Å²) >= 11 is 0. The normalized spacial score (nSPS) is 16.1. The number of carbonyl (C=O) groups excluding carboxylic acids is 1. The second-order valence-corrected chi connectivity index (χ2v) is 7.95. The zero-order valence-electron chi connectivity index (χ0n) is 17.3. The van der Waals surface area contributed by atoms with Gasteiger partial charge < -0.3 is 14.8 Å². The maximum Gasteiger partial charge on any atom is 0.223 e. The summed E-state index contributed by atoms with van der Waals surface area (Å²) in [5.74, 6) is 1.29. The number of aromatic nitrogens is 2. The lowest BCUT2D eigenvalue weighted by Crippen LogP contribution is -2.42. The molecule has 5 heteroatoms. The van der Waals surface area contributed by atoms with Gasteiger partial charge in [0.1, 0.15) is 0 Å². The van der Waals surface area contributed by atoms with Gasteiger partial charge in [0.25, 0.3) is 0 Å². The third kappa shape index (κ3) is 4.14. The molecule has 1 amide bonds. The number of piperidine rings is 1. The van der Waals surface area contributed by atoms with Crippen molar-refractivity contribution in [2.75, 3.05) is 18.0 Å². The highest BCUT2D eigenvalue weighted by Crippen LogP contribution is 2.27. The highest BCUT2D eigenvalue weighted by atomic mass is 16.1. The molecule has 2 aromatic carbocycles. The minimum atomic E-state index is 0.0375. The van der Waals surface area contributed by atoms with E-state index in [0.29, 0.717) is 0 Å². The van der Waals surface area contributed by atoms with E-state index in [9.17, 15) is 4.79 Å². The number of nitrogens with zero attached hydrogens (tertiary/aromatic N) is 3. The van der Waals surface area contributed by atoms with E-state index >= 15 is 0 Å². The van der Waals surface area contributed by atoms with Crippen LogP contribution in [-0.2, 0) is 11.3 Å². The van der Waals surface area contributed by atoms with Crippen LogP contribution in [0.25, 0.3) is 11.0 Å². The molecule has 0 spiro atoms. The lowest BCUT2D eigenvalue weighted by atomic mass is 9.95. The molecule has 1 N–H and O–H groups in total. The van der Waals surface area contributed by atoms with Crippen molar-refractivity contribution in [2.45, 2.75) is 45.7 Å². The number of para-hydroxylation sites is 2. The average Bonchev–Trinajstić information content (AvgIpc) is 3.13. The summed E-state index contributed by atoms with van der Waals surface area (Å²) in [6.07, 6.45) is 2.80. The molecule has 4 rings (SSSR count). The van der Waals surface area contributed by atoms with E-state index in [2.05, 4.69) is 59.0 Å². The van der Waals surface area contributed by atoms with Crippen molar-refractivity contribution < 1.29 is 4.79 Å². The summed E-state index contributed by atoms with van der Waals surface area (Å²) in [6, 6.07) is 18.5. The zero-order chi connectivity index (χ0) is 20.2. The van der Waals surface area contributed by atoms with Crippen molar-refractivity contribution in [2.24, 2.45) is 5.92 Å². The van der Waals surface area contributed by atoms with Crippen LogP contribution in [0.5, 0.6) is 0 Å². The lowest BCUT2D eigenvalue weighted by molar-refractivity contribution is -0.126. The third-order valence-corrected chi connectivity index (χ3v) is 5.89. The Labute approximate surface area is 172 Å². The largest absolute Gasteiger partial charge is 0.349 e. The van der Waals surface area contributed by atoms with Crippen molar-refractivity contribution in [3.63, 3.8) is 0 Å². The maximum absolute atomic E-state index is 12.8. The van der Waals surface area contributed by atoms with Crippen LogP contribution in [0.2, 0.25) is 0 Å². The SMILES string of the molecule is CCCn1c(N2CCC(C(=O)NC(C)c3ccccc3)CC2)nc2ccccc21. The first-order valence-corrected chi connectivity index (χ1v) is 10.7. The van der Waals surface area contributed by atoms with Crippen LogP contribution in [0.1, 0.15) is 44.7 Å². The second-order valence-electron chi connectivity index (χ2n) is 7.95. The zero-order valence-corrected chi connectivity index (χ0v) is 17.3. The number of aryl methyl sites for hydroxylation is 1. The van der Waals surface area contributed by atoms with Gasteiger partial charge in [-0.05, 0) is 43.9 Å². The number of nitrogens with one attached hydrogen (secondary N) is 1. The molecular formula is C24H30N4O. The van der Waals surface area contributed by atoms with Crippen LogP contribution in [0, 0.1) is 5.92 Å². The summed E-state index contributed by atoms with van der Waals surface area (Å²) in [6.45, 7) is 6.94. The van der Waals surface area contributed by atoms with Gasteiger partial charge in [-0.1, -0.05) is 49.4 Å².